The highest BCUT2D eigenvalue weighted by Gasteiger charge is 2.02. The van der Waals surface area contributed by atoms with Crippen molar-refractivity contribution in [1.29, 1.82) is 0 Å². The molecule has 0 spiro atoms. The minimum Gasteiger partial charge on any atom is -0.480 e. The third-order valence-corrected chi connectivity index (χ3v) is 3.81. The molecule has 10 nitrogen and oxygen atoms in total. The summed E-state index contributed by atoms with van der Waals surface area (Å²) in [4.78, 5) is 21.7. The lowest BCUT2D eigenvalue weighted by molar-refractivity contribution is -0.145. The van der Waals surface area contributed by atoms with E-state index in [-0.39, 0.29) is 25.8 Å². The third kappa shape index (κ3) is 26.7. The predicted octanol–water partition coefficient (Wildman–Crippen LogP) is 1.68. The van der Waals surface area contributed by atoms with E-state index in [9.17, 15) is 9.59 Å². The summed E-state index contributed by atoms with van der Waals surface area (Å²) in [5.74, 6) is -1.16. The van der Waals surface area contributed by atoms with Crippen LogP contribution in [0.25, 0.3) is 0 Å². The van der Waals surface area contributed by atoms with Gasteiger partial charge < -0.3 is 38.3 Å². The number of aliphatic carboxylic acids is 1. The Kier molecular flexibility index (Phi) is 23.9. The highest BCUT2D eigenvalue weighted by molar-refractivity contribution is 5.69. The molecule has 0 saturated carbocycles. The molecular weight excluding hydrogens is 412 g/mol. The van der Waals surface area contributed by atoms with E-state index in [1.807, 2.05) is 0 Å². The number of carbonyl (C=O) groups excluding carboxylic acids is 1. The van der Waals surface area contributed by atoms with Crippen molar-refractivity contribution in [3.63, 3.8) is 0 Å². The summed E-state index contributed by atoms with van der Waals surface area (Å²) in [5, 5.41) is 8.38. The molecular formula is C21H40O10. The fourth-order valence-corrected chi connectivity index (χ4v) is 2.24. The summed E-state index contributed by atoms with van der Waals surface area (Å²) in [5.41, 5.74) is 0. The van der Waals surface area contributed by atoms with Gasteiger partial charge in [-0.3, -0.25) is 4.79 Å². The van der Waals surface area contributed by atoms with Crippen molar-refractivity contribution in [3.8, 4) is 0 Å². The molecule has 0 bridgehead atoms. The van der Waals surface area contributed by atoms with Crippen LogP contribution in [0.5, 0.6) is 0 Å². The fraction of sp³-hybridized carbons (Fsp3) is 0.905. The summed E-state index contributed by atoms with van der Waals surface area (Å²) >= 11 is 0. The van der Waals surface area contributed by atoms with Crippen LogP contribution in [0.3, 0.4) is 0 Å². The second-order valence-corrected chi connectivity index (χ2v) is 6.54. The largest absolute Gasteiger partial charge is 0.480 e. The van der Waals surface area contributed by atoms with E-state index in [1.54, 1.807) is 0 Å². The number of carboxylic acid groups (broad SMARTS) is 1. The minimum atomic E-state index is -0.995. The highest BCUT2D eigenvalue weighted by atomic mass is 16.6. The Balaban J connectivity index is 3.09. The van der Waals surface area contributed by atoms with Crippen LogP contribution in [0.4, 0.5) is 0 Å². The number of hydrogen-bond acceptors (Lipinski definition) is 9. The Bertz CT molecular complexity index is 406. The van der Waals surface area contributed by atoms with E-state index in [0.717, 1.165) is 25.7 Å². The van der Waals surface area contributed by atoms with Gasteiger partial charge in [-0.15, -0.1) is 0 Å². The van der Waals surface area contributed by atoms with Crippen LogP contribution in [0.1, 0.15) is 39.0 Å². The maximum absolute atomic E-state index is 11.5. The average molecular weight is 453 g/mol. The average Bonchev–Trinajstić information content (AvgIpc) is 2.75. The lowest BCUT2D eigenvalue weighted by Gasteiger charge is -2.08. The SMILES string of the molecule is CCCCCCC(=O)OCCOCCOCCOCCOCCOCCOCC(=O)O. The van der Waals surface area contributed by atoms with Crippen LogP contribution in [0.15, 0.2) is 0 Å². The molecule has 31 heavy (non-hydrogen) atoms. The lowest BCUT2D eigenvalue weighted by Crippen LogP contribution is -2.15. The molecule has 0 amide bonds. The van der Waals surface area contributed by atoms with Crippen LogP contribution in [-0.2, 0) is 42.7 Å². The predicted molar refractivity (Wildman–Crippen MR) is 112 cm³/mol. The first-order valence-electron chi connectivity index (χ1n) is 11.0. The zero-order valence-electron chi connectivity index (χ0n) is 18.8. The standard InChI is InChI=1S/C21H40O10/c1-2-3-4-5-6-21(24)31-18-17-29-14-13-27-10-9-25-7-8-26-11-12-28-15-16-30-19-20(22)23/h2-19H2,1H3,(H,22,23). The Morgan fingerprint density at radius 2 is 1.00 bits per heavy atom. The summed E-state index contributed by atoms with van der Waals surface area (Å²) in [6.45, 7) is 6.65. The van der Waals surface area contributed by atoms with Crippen molar-refractivity contribution < 1.29 is 47.9 Å². The van der Waals surface area contributed by atoms with E-state index in [0.29, 0.717) is 72.5 Å². The summed E-state index contributed by atoms with van der Waals surface area (Å²) < 4.78 is 36.5. The van der Waals surface area contributed by atoms with Crippen molar-refractivity contribution >= 4 is 11.9 Å². The Hall–Kier alpha value is -1.30. The van der Waals surface area contributed by atoms with Gasteiger partial charge in [0.2, 0.25) is 0 Å². The number of rotatable bonds is 25. The van der Waals surface area contributed by atoms with E-state index >= 15 is 0 Å². The van der Waals surface area contributed by atoms with Gasteiger partial charge in [0.1, 0.15) is 13.2 Å². The van der Waals surface area contributed by atoms with Gasteiger partial charge >= 0.3 is 11.9 Å². The van der Waals surface area contributed by atoms with Gasteiger partial charge in [0.25, 0.3) is 0 Å². The molecule has 0 unspecified atom stereocenters. The first kappa shape index (κ1) is 29.7. The van der Waals surface area contributed by atoms with Crippen LogP contribution >= 0.6 is 0 Å². The Morgan fingerprint density at radius 3 is 1.42 bits per heavy atom. The van der Waals surface area contributed by atoms with Gasteiger partial charge in [-0.25, -0.2) is 4.79 Å². The normalized spacial score (nSPS) is 11.0. The molecule has 0 aliphatic carbocycles. The lowest BCUT2D eigenvalue weighted by atomic mass is 10.2. The second-order valence-electron chi connectivity index (χ2n) is 6.54. The molecule has 0 aromatic heterocycles. The molecule has 10 heteroatoms. The maximum atomic E-state index is 11.5. The highest BCUT2D eigenvalue weighted by Crippen LogP contribution is 2.03. The van der Waals surface area contributed by atoms with Crippen molar-refractivity contribution in [2.75, 3.05) is 85.9 Å². The summed E-state index contributed by atoms with van der Waals surface area (Å²) in [6, 6.07) is 0. The van der Waals surface area contributed by atoms with Gasteiger partial charge in [-0.05, 0) is 6.42 Å². The van der Waals surface area contributed by atoms with Crippen LogP contribution in [0, 0.1) is 0 Å². The Morgan fingerprint density at radius 1 is 0.581 bits per heavy atom. The quantitative estimate of drug-likeness (QED) is 0.162. The smallest absolute Gasteiger partial charge is 0.329 e. The summed E-state index contributed by atoms with van der Waals surface area (Å²) in [6.07, 6.45) is 4.74. The van der Waals surface area contributed by atoms with Gasteiger partial charge in [0, 0.05) is 6.42 Å². The molecule has 0 aliphatic rings. The van der Waals surface area contributed by atoms with Crippen LogP contribution in [-0.4, -0.2) is 103 Å². The topological polar surface area (TPSA) is 119 Å². The molecule has 1 N–H and O–H groups in total. The molecule has 0 saturated heterocycles. The number of carboxylic acids is 1. The van der Waals surface area contributed by atoms with E-state index in [4.69, 9.17) is 38.3 Å². The molecule has 0 fully saturated rings. The monoisotopic (exact) mass is 452 g/mol. The van der Waals surface area contributed by atoms with Crippen LogP contribution in [0.2, 0.25) is 0 Å². The fourth-order valence-electron chi connectivity index (χ4n) is 2.24. The number of esters is 1. The molecule has 0 atom stereocenters. The van der Waals surface area contributed by atoms with Gasteiger partial charge in [-0.1, -0.05) is 26.2 Å². The Labute approximate surface area is 185 Å². The van der Waals surface area contributed by atoms with Crippen molar-refractivity contribution in [2.24, 2.45) is 0 Å². The number of ether oxygens (including phenoxy) is 7. The molecule has 0 aromatic carbocycles. The second kappa shape index (κ2) is 25.0. The molecule has 0 heterocycles. The first-order valence-corrected chi connectivity index (χ1v) is 11.0. The molecule has 0 aliphatic heterocycles. The zero-order chi connectivity index (χ0) is 22.8. The van der Waals surface area contributed by atoms with Crippen LogP contribution < -0.4 is 0 Å². The third-order valence-electron chi connectivity index (χ3n) is 3.81. The molecule has 0 radical (unpaired) electrons. The number of carbonyl (C=O) groups is 2. The van der Waals surface area contributed by atoms with E-state index < -0.39 is 5.97 Å². The van der Waals surface area contributed by atoms with Crippen molar-refractivity contribution in [2.45, 2.75) is 39.0 Å². The van der Waals surface area contributed by atoms with E-state index in [2.05, 4.69) is 6.92 Å². The minimum absolute atomic E-state index is 0.160. The number of unbranched alkanes of at least 4 members (excludes halogenated alkanes) is 3. The van der Waals surface area contributed by atoms with Gasteiger partial charge in [0.05, 0.1) is 72.7 Å². The summed E-state index contributed by atoms with van der Waals surface area (Å²) in [7, 11) is 0. The molecule has 184 valence electrons. The molecule has 0 aromatic rings. The molecule has 0 rings (SSSR count). The first-order chi connectivity index (χ1) is 15.2. The van der Waals surface area contributed by atoms with Crippen molar-refractivity contribution in [1.82, 2.24) is 0 Å². The van der Waals surface area contributed by atoms with E-state index in [1.165, 1.54) is 0 Å². The van der Waals surface area contributed by atoms with Gasteiger partial charge in [-0.2, -0.15) is 0 Å². The maximum Gasteiger partial charge on any atom is 0.329 e. The van der Waals surface area contributed by atoms with Crippen molar-refractivity contribution in [3.05, 3.63) is 0 Å². The number of hydrogen-bond donors (Lipinski definition) is 1. The van der Waals surface area contributed by atoms with Gasteiger partial charge in [0.15, 0.2) is 0 Å². The zero-order valence-corrected chi connectivity index (χ0v) is 18.8.